The molecule has 3 rings (SSSR count). The molecule has 26 heavy (non-hydrogen) atoms. The second-order valence-corrected chi connectivity index (χ2v) is 6.84. The fourth-order valence-electron chi connectivity index (χ4n) is 2.84. The zero-order valence-electron chi connectivity index (χ0n) is 14.4. The van der Waals surface area contributed by atoms with E-state index in [0.29, 0.717) is 29.5 Å². The summed E-state index contributed by atoms with van der Waals surface area (Å²) in [6, 6.07) is 9.51. The average Bonchev–Trinajstić information content (AvgIpc) is 3.07. The first-order valence-corrected chi connectivity index (χ1v) is 8.98. The molecule has 8 heteroatoms. The van der Waals surface area contributed by atoms with Crippen LogP contribution in [0.3, 0.4) is 0 Å². The summed E-state index contributed by atoms with van der Waals surface area (Å²) < 4.78 is 10.3. The molecule has 1 aliphatic heterocycles. The van der Waals surface area contributed by atoms with E-state index < -0.39 is 11.2 Å². The number of aromatic nitrogens is 2. The Morgan fingerprint density at radius 3 is 2.77 bits per heavy atom. The summed E-state index contributed by atoms with van der Waals surface area (Å²) in [6.07, 6.45) is 0.419. The highest BCUT2D eigenvalue weighted by Gasteiger charge is 2.35. The maximum atomic E-state index is 12.1. The number of hydrogen-bond acceptors (Lipinski definition) is 8. The monoisotopic (exact) mass is 370 g/mol. The van der Waals surface area contributed by atoms with Crippen LogP contribution < -0.4 is 10.5 Å². The molecule has 0 saturated heterocycles. The Hall–Kier alpha value is -2.79. The van der Waals surface area contributed by atoms with Crippen molar-refractivity contribution in [2.24, 2.45) is 0 Å². The molecule has 0 fully saturated rings. The molecule has 134 valence electrons. The lowest BCUT2D eigenvalue weighted by Crippen LogP contribution is -2.20. The quantitative estimate of drug-likeness (QED) is 0.630. The smallest absolute Gasteiger partial charge is 0.319 e. The molecular weight excluding hydrogens is 352 g/mol. The van der Waals surface area contributed by atoms with Crippen molar-refractivity contribution in [1.29, 1.82) is 5.26 Å². The molecule has 1 aromatic heterocycles. The molecule has 1 aliphatic rings. The van der Waals surface area contributed by atoms with Gasteiger partial charge < -0.3 is 15.2 Å². The number of nitrogen functional groups attached to an aromatic ring is 1. The van der Waals surface area contributed by atoms with Crippen LogP contribution in [0.5, 0.6) is 5.75 Å². The number of carbonyl (C=O) groups is 1. The van der Waals surface area contributed by atoms with Gasteiger partial charge in [-0.3, -0.25) is 4.79 Å². The number of anilines is 1. The molecule has 2 N–H and O–H groups in total. The minimum absolute atomic E-state index is 0.0875. The minimum atomic E-state index is -0.610. The molecular formula is C18H18N4O3S. The van der Waals surface area contributed by atoms with Gasteiger partial charge in [-0.2, -0.15) is 5.26 Å². The summed E-state index contributed by atoms with van der Waals surface area (Å²) in [5.41, 5.74) is 7.95. The summed E-state index contributed by atoms with van der Waals surface area (Å²) in [5.74, 6) is -0.111. The molecule has 0 aliphatic carbocycles. The van der Waals surface area contributed by atoms with Crippen LogP contribution >= 0.6 is 11.8 Å². The Morgan fingerprint density at radius 1 is 1.42 bits per heavy atom. The van der Waals surface area contributed by atoms with Gasteiger partial charge in [0.15, 0.2) is 0 Å². The van der Waals surface area contributed by atoms with Crippen LogP contribution in [-0.2, 0) is 16.0 Å². The Labute approximate surface area is 155 Å². The van der Waals surface area contributed by atoms with Crippen LogP contribution in [0, 0.1) is 11.3 Å². The first kappa shape index (κ1) is 18.0. The molecule has 0 radical (unpaired) electrons. The Bertz CT molecular complexity index is 864. The Morgan fingerprint density at radius 2 is 2.15 bits per heavy atom. The molecule has 0 amide bonds. The normalized spacial score (nSPS) is 16.4. The SMILES string of the molecule is CCOC(=O)C1Cc2c(nc(N)nc2C(C#N)c2ccc(OC)cc2)S1. The summed E-state index contributed by atoms with van der Waals surface area (Å²) in [6.45, 7) is 2.09. The third kappa shape index (κ3) is 3.44. The highest BCUT2D eigenvalue weighted by molar-refractivity contribution is 8.00. The molecule has 2 aromatic rings. The predicted octanol–water partition coefficient (Wildman–Crippen LogP) is 2.30. The second-order valence-electron chi connectivity index (χ2n) is 5.65. The van der Waals surface area contributed by atoms with Crippen molar-refractivity contribution in [2.75, 3.05) is 19.5 Å². The molecule has 2 heterocycles. The third-order valence-electron chi connectivity index (χ3n) is 4.06. The first-order valence-electron chi connectivity index (χ1n) is 8.10. The molecule has 2 unspecified atom stereocenters. The minimum Gasteiger partial charge on any atom is -0.497 e. The van der Waals surface area contributed by atoms with Crippen LogP contribution in [0.2, 0.25) is 0 Å². The van der Waals surface area contributed by atoms with E-state index in [-0.39, 0.29) is 11.9 Å². The number of rotatable bonds is 5. The van der Waals surface area contributed by atoms with Crippen LogP contribution in [0.15, 0.2) is 29.3 Å². The third-order valence-corrected chi connectivity index (χ3v) is 5.27. The van der Waals surface area contributed by atoms with Gasteiger partial charge in [-0.05, 0) is 31.0 Å². The largest absolute Gasteiger partial charge is 0.497 e. The zero-order chi connectivity index (χ0) is 18.7. The number of ether oxygens (including phenoxy) is 2. The predicted molar refractivity (Wildman–Crippen MR) is 96.9 cm³/mol. The summed E-state index contributed by atoms with van der Waals surface area (Å²) in [7, 11) is 1.58. The standard InChI is InChI=1S/C18H18N4O3S/c1-3-25-17(23)14-8-12-15(21-18(20)22-16(12)26-14)13(9-19)10-4-6-11(24-2)7-5-10/h4-7,13-14H,3,8H2,1-2H3,(H2,20,21,22). The summed E-state index contributed by atoms with van der Waals surface area (Å²) >= 11 is 1.31. The summed E-state index contributed by atoms with van der Waals surface area (Å²) in [5, 5.41) is 10.0. The number of nitrogens with zero attached hydrogens (tertiary/aromatic N) is 3. The van der Waals surface area contributed by atoms with Gasteiger partial charge in [-0.15, -0.1) is 0 Å². The van der Waals surface area contributed by atoms with Gasteiger partial charge in [0.1, 0.15) is 21.9 Å². The van der Waals surface area contributed by atoms with Gasteiger partial charge in [-0.1, -0.05) is 23.9 Å². The van der Waals surface area contributed by atoms with E-state index >= 15 is 0 Å². The van der Waals surface area contributed by atoms with Crippen molar-refractivity contribution in [2.45, 2.75) is 29.5 Å². The van der Waals surface area contributed by atoms with Gasteiger partial charge in [0.05, 0.1) is 25.5 Å². The van der Waals surface area contributed by atoms with E-state index in [2.05, 4.69) is 16.0 Å². The highest BCUT2D eigenvalue weighted by atomic mass is 32.2. The van der Waals surface area contributed by atoms with Crippen molar-refractivity contribution in [1.82, 2.24) is 9.97 Å². The Kier molecular flexibility index (Phi) is 5.28. The molecule has 0 spiro atoms. The van der Waals surface area contributed by atoms with Gasteiger partial charge in [-0.25, -0.2) is 9.97 Å². The van der Waals surface area contributed by atoms with Crippen molar-refractivity contribution in [3.8, 4) is 11.8 Å². The van der Waals surface area contributed by atoms with Gasteiger partial charge in [0.25, 0.3) is 0 Å². The average molecular weight is 370 g/mol. The number of thioether (sulfide) groups is 1. The van der Waals surface area contributed by atoms with Crippen LogP contribution in [-0.4, -0.2) is 34.9 Å². The van der Waals surface area contributed by atoms with E-state index in [0.717, 1.165) is 11.1 Å². The van der Waals surface area contributed by atoms with E-state index in [1.54, 1.807) is 26.2 Å². The molecule has 0 bridgehead atoms. The number of nitrogens with two attached hydrogens (primary N) is 1. The Balaban J connectivity index is 1.98. The highest BCUT2D eigenvalue weighted by Crippen LogP contribution is 2.41. The first-order chi connectivity index (χ1) is 12.6. The van der Waals surface area contributed by atoms with E-state index in [9.17, 15) is 10.1 Å². The number of carbonyl (C=O) groups excluding carboxylic acids is 1. The summed E-state index contributed by atoms with van der Waals surface area (Å²) in [4.78, 5) is 20.6. The lowest BCUT2D eigenvalue weighted by molar-refractivity contribution is -0.142. The topological polar surface area (TPSA) is 111 Å². The maximum Gasteiger partial charge on any atom is 0.319 e. The van der Waals surface area contributed by atoms with Gasteiger partial charge in [0.2, 0.25) is 5.95 Å². The van der Waals surface area contributed by atoms with Crippen molar-refractivity contribution in [3.63, 3.8) is 0 Å². The number of nitriles is 1. The van der Waals surface area contributed by atoms with Crippen molar-refractivity contribution >= 4 is 23.7 Å². The van der Waals surface area contributed by atoms with E-state index in [1.165, 1.54) is 11.8 Å². The van der Waals surface area contributed by atoms with Crippen LogP contribution in [0.1, 0.15) is 29.7 Å². The lowest BCUT2D eigenvalue weighted by atomic mass is 9.92. The second kappa shape index (κ2) is 7.62. The molecule has 2 atom stereocenters. The number of esters is 1. The molecule has 1 aromatic carbocycles. The lowest BCUT2D eigenvalue weighted by Gasteiger charge is -2.14. The maximum absolute atomic E-state index is 12.1. The van der Waals surface area contributed by atoms with E-state index in [1.807, 2.05) is 12.1 Å². The van der Waals surface area contributed by atoms with E-state index in [4.69, 9.17) is 15.2 Å². The zero-order valence-corrected chi connectivity index (χ0v) is 15.2. The fraction of sp³-hybridized carbons (Fsp3) is 0.333. The van der Waals surface area contributed by atoms with Crippen molar-refractivity contribution in [3.05, 3.63) is 41.1 Å². The fourth-order valence-corrected chi connectivity index (χ4v) is 4.00. The number of benzene rings is 1. The number of hydrogen-bond donors (Lipinski definition) is 1. The van der Waals surface area contributed by atoms with Crippen LogP contribution in [0.25, 0.3) is 0 Å². The molecule has 7 nitrogen and oxygen atoms in total. The number of methoxy groups -OCH3 is 1. The molecule has 0 saturated carbocycles. The number of fused-ring (bicyclic) bond motifs is 1. The van der Waals surface area contributed by atoms with Gasteiger partial charge >= 0.3 is 5.97 Å². The van der Waals surface area contributed by atoms with Crippen LogP contribution in [0.4, 0.5) is 5.95 Å². The van der Waals surface area contributed by atoms with Crippen molar-refractivity contribution < 1.29 is 14.3 Å². The van der Waals surface area contributed by atoms with Gasteiger partial charge in [0, 0.05) is 5.56 Å².